The van der Waals surface area contributed by atoms with E-state index in [0.717, 1.165) is 20.8 Å². The number of hydrogen-bond acceptors (Lipinski definition) is 9. The molecule has 2 heterocycles. The number of anilines is 2. The first-order valence-electron chi connectivity index (χ1n) is 10.2. The van der Waals surface area contributed by atoms with Gasteiger partial charge in [0.15, 0.2) is 10.4 Å². The molecule has 34 heavy (non-hydrogen) atoms. The molecule has 180 valence electrons. The number of ether oxygens (including phenoxy) is 2. The van der Waals surface area contributed by atoms with E-state index in [0.29, 0.717) is 15.9 Å². The number of halogens is 1. The van der Waals surface area contributed by atoms with Crippen LogP contribution in [0.1, 0.15) is 13.3 Å². The minimum Gasteiger partial charge on any atom is -0.497 e. The lowest BCUT2D eigenvalue weighted by Crippen LogP contribution is -2.48. The number of sulfonamides is 1. The molecule has 13 heteroatoms. The first kappa shape index (κ1) is 24.6. The summed E-state index contributed by atoms with van der Waals surface area (Å²) in [7, 11) is -2.54. The number of fused-ring (bicyclic) bond motifs is 1. The normalized spacial score (nSPS) is 15.4. The van der Waals surface area contributed by atoms with Gasteiger partial charge in [-0.2, -0.15) is 0 Å². The van der Waals surface area contributed by atoms with Gasteiger partial charge in [-0.05, 0) is 48.9 Å². The molecule has 3 aromatic rings. The van der Waals surface area contributed by atoms with Crippen molar-refractivity contribution in [2.75, 3.05) is 29.0 Å². The Labute approximate surface area is 210 Å². The predicted octanol–water partition coefficient (Wildman–Crippen LogP) is 4.30. The molecule has 0 saturated heterocycles. The summed E-state index contributed by atoms with van der Waals surface area (Å²) in [6, 6.07) is 10.6. The van der Waals surface area contributed by atoms with E-state index in [9.17, 15) is 13.2 Å². The summed E-state index contributed by atoms with van der Waals surface area (Å²) < 4.78 is 39.9. The first-order valence-corrected chi connectivity index (χ1v) is 13.8. The minimum atomic E-state index is -4.03. The fraction of sp³-hybridized carbons (Fsp3) is 0.286. The Kier molecular flexibility index (Phi) is 7.51. The Bertz CT molecular complexity index is 1280. The van der Waals surface area contributed by atoms with Crippen LogP contribution in [0.5, 0.6) is 11.5 Å². The number of methoxy groups -OCH3 is 1. The molecule has 4 rings (SSSR count). The van der Waals surface area contributed by atoms with E-state index in [1.54, 1.807) is 30.0 Å². The van der Waals surface area contributed by atoms with E-state index in [1.807, 2.05) is 0 Å². The van der Waals surface area contributed by atoms with Crippen LogP contribution in [0.25, 0.3) is 0 Å². The topological polar surface area (TPSA) is 111 Å². The average Bonchev–Trinajstić information content (AvgIpc) is 3.29. The number of benzene rings is 2. The van der Waals surface area contributed by atoms with Gasteiger partial charge in [0.1, 0.15) is 11.5 Å². The molecule has 1 aromatic heterocycles. The molecule has 1 amide bonds. The Hall–Kier alpha value is -2.54. The molecule has 0 bridgehead atoms. The third kappa shape index (κ3) is 5.24. The Balaban J connectivity index is 1.61. The second-order valence-corrected chi connectivity index (χ2v) is 11.8. The molecule has 1 atom stereocenters. The monoisotopic (exact) mass is 540 g/mol. The number of aromatic nitrogens is 2. The van der Waals surface area contributed by atoms with Crippen LogP contribution in [0.3, 0.4) is 0 Å². The summed E-state index contributed by atoms with van der Waals surface area (Å²) >= 11 is 8.94. The summed E-state index contributed by atoms with van der Waals surface area (Å²) in [5.41, 5.74) is 0.251. The van der Waals surface area contributed by atoms with Crippen LogP contribution in [-0.2, 0) is 14.8 Å². The van der Waals surface area contributed by atoms with Gasteiger partial charge in [-0.3, -0.25) is 14.4 Å². The molecular weight excluding hydrogens is 520 g/mol. The zero-order valence-electron chi connectivity index (χ0n) is 18.2. The summed E-state index contributed by atoms with van der Waals surface area (Å²) in [5.74, 6) is 1.12. The van der Waals surface area contributed by atoms with E-state index in [2.05, 4.69) is 22.4 Å². The van der Waals surface area contributed by atoms with Crippen LogP contribution in [0, 0.1) is 0 Å². The molecule has 0 spiro atoms. The van der Waals surface area contributed by atoms with Gasteiger partial charge in [-0.1, -0.05) is 41.6 Å². The van der Waals surface area contributed by atoms with Crippen LogP contribution in [0.2, 0.25) is 5.02 Å². The van der Waals surface area contributed by atoms with Gasteiger partial charge in [0.2, 0.25) is 5.13 Å². The number of carbonyl (C=O) groups excluding carboxylic acids is 1. The van der Waals surface area contributed by atoms with Gasteiger partial charge < -0.3 is 9.47 Å². The highest BCUT2D eigenvalue weighted by Gasteiger charge is 2.38. The summed E-state index contributed by atoms with van der Waals surface area (Å²) in [6.45, 7) is 1.82. The fourth-order valence-corrected chi connectivity index (χ4v) is 6.47. The molecule has 1 aliphatic rings. The van der Waals surface area contributed by atoms with E-state index in [-0.39, 0.29) is 22.9 Å². The molecule has 0 radical (unpaired) electrons. The largest absolute Gasteiger partial charge is 0.497 e. The van der Waals surface area contributed by atoms with E-state index >= 15 is 0 Å². The van der Waals surface area contributed by atoms with Gasteiger partial charge in [-0.15, -0.1) is 10.2 Å². The third-order valence-electron chi connectivity index (χ3n) is 4.80. The van der Waals surface area contributed by atoms with Crippen LogP contribution in [-0.4, -0.2) is 50.0 Å². The zero-order valence-corrected chi connectivity index (χ0v) is 21.4. The molecule has 0 unspecified atom stereocenters. The van der Waals surface area contributed by atoms with E-state index < -0.39 is 22.0 Å². The minimum absolute atomic E-state index is 0.0435. The Morgan fingerprint density at radius 1 is 1.29 bits per heavy atom. The van der Waals surface area contributed by atoms with Crippen molar-refractivity contribution in [1.29, 1.82) is 0 Å². The highest BCUT2D eigenvalue weighted by molar-refractivity contribution is 8.01. The summed E-state index contributed by atoms with van der Waals surface area (Å²) in [4.78, 5) is 13.0. The first-order chi connectivity index (χ1) is 16.3. The molecule has 1 N–H and O–H groups in total. The third-order valence-corrected chi connectivity index (χ3v) is 9.00. The van der Waals surface area contributed by atoms with E-state index in [1.165, 1.54) is 42.7 Å². The maximum absolute atomic E-state index is 13.5. The molecule has 9 nitrogen and oxygen atoms in total. The van der Waals surface area contributed by atoms with Gasteiger partial charge >= 0.3 is 0 Å². The average molecular weight is 541 g/mol. The molecule has 2 aromatic carbocycles. The highest BCUT2D eigenvalue weighted by atomic mass is 35.5. The Morgan fingerprint density at radius 3 is 2.76 bits per heavy atom. The standard InChI is InChI=1S/C21H21ClN4O5S3/c1-3-10-32-21-25-24-20(33-21)23-19(27)18-12-26(16-11-13(22)4-9-17(16)31-18)34(28,29)15-7-5-14(30-2)6-8-15/h4-9,11,18H,3,10,12H2,1-2H3,(H,23,24,27)/t18-/m0/s1. The number of nitrogens with one attached hydrogen (secondary N) is 1. The number of rotatable bonds is 8. The van der Waals surface area contributed by atoms with Crippen molar-refractivity contribution >= 4 is 61.4 Å². The number of thioether (sulfide) groups is 1. The van der Waals surface area contributed by atoms with Gasteiger partial charge in [0.25, 0.3) is 15.9 Å². The van der Waals surface area contributed by atoms with E-state index in [4.69, 9.17) is 21.1 Å². The predicted molar refractivity (Wildman–Crippen MR) is 133 cm³/mol. The van der Waals surface area contributed by atoms with Crippen LogP contribution >= 0.6 is 34.7 Å². The zero-order chi connectivity index (χ0) is 24.3. The summed E-state index contributed by atoms with van der Waals surface area (Å²) in [5, 5.41) is 11.4. The van der Waals surface area contributed by atoms with Crippen LogP contribution in [0.4, 0.5) is 10.8 Å². The van der Waals surface area contributed by atoms with Crippen molar-refractivity contribution in [2.24, 2.45) is 0 Å². The SMILES string of the molecule is CCCSc1nnc(NC(=O)[C@@H]2CN(S(=O)(=O)c3ccc(OC)cc3)c3cc(Cl)ccc3O2)s1. The van der Waals surface area contributed by atoms with Crippen molar-refractivity contribution in [3.8, 4) is 11.5 Å². The summed E-state index contributed by atoms with van der Waals surface area (Å²) in [6.07, 6.45) is -0.124. The van der Waals surface area contributed by atoms with Crippen molar-refractivity contribution in [2.45, 2.75) is 28.7 Å². The number of hydrogen-bond donors (Lipinski definition) is 1. The lowest BCUT2D eigenvalue weighted by Gasteiger charge is -2.34. The highest BCUT2D eigenvalue weighted by Crippen LogP contribution is 2.39. The quantitative estimate of drug-likeness (QED) is 0.332. The Morgan fingerprint density at radius 2 is 2.06 bits per heavy atom. The van der Waals surface area contributed by atoms with Crippen molar-refractivity contribution in [1.82, 2.24) is 10.2 Å². The van der Waals surface area contributed by atoms with Gasteiger partial charge in [0, 0.05) is 10.8 Å². The lowest BCUT2D eigenvalue weighted by molar-refractivity contribution is -0.122. The maximum atomic E-state index is 13.5. The second-order valence-electron chi connectivity index (χ2n) is 7.14. The lowest BCUT2D eigenvalue weighted by atomic mass is 10.2. The van der Waals surface area contributed by atoms with Gasteiger partial charge in [-0.25, -0.2) is 8.42 Å². The number of amides is 1. The second kappa shape index (κ2) is 10.4. The van der Waals surface area contributed by atoms with Crippen LogP contribution in [0.15, 0.2) is 51.7 Å². The maximum Gasteiger partial charge on any atom is 0.269 e. The van der Waals surface area contributed by atoms with Crippen LogP contribution < -0.4 is 19.1 Å². The fourth-order valence-electron chi connectivity index (χ4n) is 3.16. The van der Waals surface area contributed by atoms with Crippen molar-refractivity contribution in [3.05, 3.63) is 47.5 Å². The molecule has 0 saturated carbocycles. The number of nitrogens with zero attached hydrogens (tertiary/aromatic N) is 3. The van der Waals surface area contributed by atoms with Gasteiger partial charge in [0.05, 0.1) is 24.2 Å². The van der Waals surface area contributed by atoms with Crippen molar-refractivity contribution in [3.63, 3.8) is 0 Å². The molecule has 0 fully saturated rings. The molecular formula is C21H21ClN4O5S3. The number of carbonyl (C=O) groups is 1. The van der Waals surface area contributed by atoms with Crippen molar-refractivity contribution < 1.29 is 22.7 Å². The molecule has 1 aliphatic heterocycles. The smallest absolute Gasteiger partial charge is 0.269 e. The molecule has 0 aliphatic carbocycles.